The monoisotopic (exact) mass is 469 g/mol. The van der Waals surface area contributed by atoms with E-state index in [1.807, 2.05) is 28.8 Å². The number of anilines is 1. The quantitative estimate of drug-likeness (QED) is 0.334. The molecule has 1 aromatic heterocycles. The molecule has 1 amide bonds. The van der Waals surface area contributed by atoms with Crippen LogP contribution in [0.4, 0.5) is 5.69 Å². The molecule has 0 atom stereocenters. The first-order valence-electron chi connectivity index (χ1n) is 10.4. The third-order valence-electron chi connectivity index (χ3n) is 4.71. The van der Waals surface area contributed by atoms with E-state index in [1.54, 1.807) is 51.6 Å². The second-order valence-corrected chi connectivity index (χ2v) is 7.88. The molecule has 3 aromatic rings. The molecular weight excluding hydrogens is 442 g/mol. The predicted molar refractivity (Wildman–Crippen MR) is 128 cm³/mol. The Morgan fingerprint density at radius 2 is 1.91 bits per heavy atom. The highest BCUT2D eigenvalue weighted by molar-refractivity contribution is 7.99. The molecule has 0 fully saturated rings. The number of imidazole rings is 1. The number of ether oxygens (including phenoxy) is 3. The SMILES string of the molecule is CCOC(=O)c1cccc(NC(=O)CSc2ncc(-c3ccc(OC)cc3)n2CCOC)c1. The van der Waals surface area contributed by atoms with E-state index in [0.717, 1.165) is 17.0 Å². The van der Waals surface area contributed by atoms with E-state index in [0.29, 0.717) is 36.2 Å². The second kappa shape index (κ2) is 12.1. The van der Waals surface area contributed by atoms with E-state index >= 15 is 0 Å². The van der Waals surface area contributed by atoms with Crippen LogP contribution in [-0.4, -0.2) is 54.6 Å². The summed E-state index contributed by atoms with van der Waals surface area (Å²) in [6.07, 6.45) is 1.79. The molecule has 0 radical (unpaired) electrons. The zero-order chi connectivity index (χ0) is 23.6. The van der Waals surface area contributed by atoms with Crippen molar-refractivity contribution in [1.29, 1.82) is 0 Å². The van der Waals surface area contributed by atoms with Gasteiger partial charge in [-0.2, -0.15) is 0 Å². The van der Waals surface area contributed by atoms with Crippen LogP contribution in [0, 0.1) is 0 Å². The Labute approximate surface area is 197 Å². The lowest BCUT2D eigenvalue weighted by molar-refractivity contribution is -0.113. The third kappa shape index (κ3) is 6.59. The first-order chi connectivity index (χ1) is 16.0. The fraction of sp³-hybridized carbons (Fsp3) is 0.292. The van der Waals surface area contributed by atoms with E-state index in [9.17, 15) is 9.59 Å². The third-order valence-corrected chi connectivity index (χ3v) is 5.70. The van der Waals surface area contributed by atoms with Crippen LogP contribution in [0.15, 0.2) is 59.9 Å². The number of rotatable bonds is 11. The molecule has 8 nitrogen and oxygen atoms in total. The molecule has 0 spiro atoms. The minimum absolute atomic E-state index is 0.162. The lowest BCUT2D eigenvalue weighted by Gasteiger charge is -2.12. The van der Waals surface area contributed by atoms with Crippen molar-refractivity contribution in [1.82, 2.24) is 9.55 Å². The first kappa shape index (κ1) is 24.3. The number of carbonyl (C=O) groups excluding carboxylic acids is 2. The lowest BCUT2D eigenvalue weighted by Crippen LogP contribution is -2.15. The molecule has 0 saturated carbocycles. The van der Waals surface area contributed by atoms with Gasteiger partial charge in [0, 0.05) is 24.9 Å². The van der Waals surface area contributed by atoms with Crippen molar-refractivity contribution >= 4 is 29.3 Å². The normalized spacial score (nSPS) is 10.6. The zero-order valence-corrected chi connectivity index (χ0v) is 19.7. The molecule has 1 heterocycles. The molecule has 174 valence electrons. The summed E-state index contributed by atoms with van der Waals surface area (Å²) in [4.78, 5) is 29.0. The maximum Gasteiger partial charge on any atom is 0.338 e. The molecule has 0 saturated heterocycles. The Balaban J connectivity index is 1.69. The van der Waals surface area contributed by atoms with E-state index < -0.39 is 5.97 Å². The van der Waals surface area contributed by atoms with Gasteiger partial charge < -0.3 is 24.1 Å². The smallest absolute Gasteiger partial charge is 0.338 e. The van der Waals surface area contributed by atoms with Gasteiger partial charge in [0.1, 0.15) is 5.75 Å². The number of aromatic nitrogens is 2. The molecule has 0 aliphatic heterocycles. The standard InChI is InChI=1S/C24H27N3O5S/c1-4-32-23(29)18-6-5-7-19(14-18)26-22(28)16-33-24-25-15-21(27(24)12-13-30-2)17-8-10-20(31-3)11-9-17/h5-11,14-15H,4,12-13,16H2,1-3H3,(H,26,28). The lowest BCUT2D eigenvalue weighted by atomic mass is 10.1. The van der Waals surface area contributed by atoms with Crippen LogP contribution in [0.2, 0.25) is 0 Å². The van der Waals surface area contributed by atoms with Crippen LogP contribution in [0.1, 0.15) is 17.3 Å². The molecule has 0 bridgehead atoms. The molecule has 1 N–H and O–H groups in total. The van der Waals surface area contributed by atoms with Crippen molar-refractivity contribution in [2.24, 2.45) is 0 Å². The van der Waals surface area contributed by atoms with Gasteiger partial charge in [-0.15, -0.1) is 0 Å². The van der Waals surface area contributed by atoms with Crippen LogP contribution >= 0.6 is 11.8 Å². The summed E-state index contributed by atoms with van der Waals surface area (Å²) in [7, 11) is 3.28. The molecule has 33 heavy (non-hydrogen) atoms. The van der Waals surface area contributed by atoms with Crippen molar-refractivity contribution in [3.05, 3.63) is 60.3 Å². The highest BCUT2D eigenvalue weighted by atomic mass is 32.2. The summed E-state index contributed by atoms with van der Waals surface area (Å²) in [6, 6.07) is 14.4. The van der Waals surface area contributed by atoms with Crippen LogP contribution in [0.3, 0.4) is 0 Å². The summed E-state index contributed by atoms with van der Waals surface area (Å²) in [6.45, 7) is 3.15. The predicted octanol–water partition coefficient (Wildman–Crippen LogP) is 4.11. The van der Waals surface area contributed by atoms with Gasteiger partial charge in [0.05, 0.1) is 43.5 Å². The Morgan fingerprint density at radius 1 is 1.12 bits per heavy atom. The van der Waals surface area contributed by atoms with Gasteiger partial charge in [0.15, 0.2) is 5.16 Å². The zero-order valence-electron chi connectivity index (χ0n) is 18.9. The molecule has 0 aliphatic carbocycles. The summed E-state index contributed by atoms with van der Waals surface area (Å²) >= 11 is 1.33. The van der Waals surface area contributed by atoms with Gasteiger partial charge >= 0.3 is 5.97 Å². The average molecular weight is 470 g/mol. The fourth-order valence-electron chi connectivity index (χ4n) is 3.13. The number of carbonyl (C=O) groups is 2. The Hall–Kier alpha value is -3.30. The molecule has 0 aliphatic rings. The maximum absolute atomic E-state index is 12.5. The number of hydrogen-bond donors (Lipinski definition) is 1. The van der Waals surface area contributed by atoms with E-state index in [1.165, 1.54) is 11.8 Å². The second-order valence-electron chi connectivity index (χ2n) is 6.94. The topological polar surface area (TPSA) is 91.7 Å². The largest absolute Gasteiger partial charge is 0.497 e. The van der Waals surface area contributed by atoms with Gasteiger partial charge in [0.25, 0.3) is 0 Å². The van der Waals surface area contributed by atoms with Crippen LogP contribution in [-0.2, 0) is 20.8 Å². The summed E-state index contributed by atoms with van der Waals surface area (Å²) < 4.78 is 17.5. The molecular formula is C24H27N3O5S. The van der Waals surface area contributed by atoms with Crippen LogP contribution in [0.5, 0.6) is 5.75 Å². The molecule has 3 rings (SSSR count). The maximum atomic E-state index is 12.5. The number of amides is 1. The minimum atomic E-state index is -0.422. The number of hydrogen-bond acceptors (Lipinski definition) is 7. The van der Waals surface area contributed by atoms with Crippen LogP contribution < -0.4 is 10.1 Å². The highest BCUT2D eigenvalue weighted by Gasteiger charge is 2.15. The number of nitrogens with zero attached hydrogens (tertiary/aromatic N) is 2. The minimum Gasteiger partial charge on any atom is -0.497 e. The van der Waals surface area contributed by atoms with E-state index in [-0.39, 0.29) is 11.7 Å². The number of esters is 1. The Kier molecular flexibility index (Phi) is 8.91. The molecule has 9 heteroatoms. The van der Waals surface area contributed by atoms with E-state index in [4.69, 9.17) is 14.2 Å². The van der Waals surface area contributed by atoms with Crippen molar-refractivity contribution in [3.63, 3.8) is 0 Å². The van der Waals surface area contributed by atoms with Crippen molar-refractivity contribution < 1.29 is 23.8 Å². The van der Waals surface area contributed by atoms with E-state index in [2.05, 4.69) is 10.3 Å². The van der Waals surface area contributed by atoms with Crippen molar-refractivity contribution in [3.8, 4) is 17.0 Å². The molecule has 0 unspecified atom stereocenters. The number of nitrogens with one attached hydrogen (secondary N) is 1. The van der Waals surface area contributed by atoms with Gasteiger partial charge in [-0.1, -0.05) is 17.8 Å². The summed E-state index contributed by atoms with van der Waals surface area (Å²) in [5, 5.41) is 3.54. The highest BCUT2D eigenvalue weighted by Crippen LogP contribution is 2.28. The first-order valence-corrected chi connectivity index (χ1v) is 11.4. The molecule has 2 aromatic carbocycles. The average Bonchev–Trinajstić information content (AvgIpc) is 3.24. The fourth-order valence-corrected chi connectivity index (χ4v) is 3.94. The number of methoxy groups -OCH3 is 2. The van der Waals surface area contributed by atoms with Gasteiger partial charge in [0.2, 0.25) is 5.91 Å². The van der Waals surface area contributed by atoms with Crippen LogP contribution in [0.25, 0.3) is 11.3 Å². The van der Waals surface area contributed by atoms with Gasteiger partial charge in [-0.25, -0.2) is 9.78 Å². The van der Waals surface area contributed by atoms with Gasteiger partial charge in [-0.3, -0.25) is 4.79 Å². The summed E-state index contributed by atoms with van der Waals surface area (Å²) in [5.41, 5.74) is 2.85. The van der Waals surface area contributed by atoms with Gasteiger partial charge in [-0.05, 0) is 49.4 Å². The Bertz CT molecular complexity index is 1080. The number of thioether (sulfide) groups is 1. The number of benzene rings is 2. The van der Waals surface area contributed by atoms with Crippen molar-refractivity contribution in [2.45, 2.75) is 18.6 Å². The summed E-state index contributed by atoms with van der Waals surface area (Å²) in [5.74, 6) is 0.317. The van der Waals surface area contributed by atoms with Crippen molar-refractivity contribution in [2.75, 3.05) is 38.5 Å². The Morgan fingerprint density at radius 3 is 2.61 bits per heavy atom.